The first-order valence-corrected chi connectivity index (χ1v) is 7.59. The summed E-state index contributed by atoms with van der Waals surface area (Å²) in [5.74, 6) is -1.57. The number of nitriles is 1. The first kappa shape index (κ1) is 16.9. The van der Waals surface area contributed by atoms with Crippen molar-refractivity contribution < 1.29 is 13.6 Å². The van der Waals surface area contributed by atoms with E-state index in [1.165, 1.54) is 6.33 Å². The molecule has 0 aliphatic heterocycles. The normalized spacial score (nSPS) is 10.4. The molecular weight excluding hydrogens is 324 g/mol. The van der Waals surface area contributed by atoms with Gasteiger partial charge in [0.1, 0.15) is 24.0 Å². The molecule has 0 bridgehead atoms. The molecule has 0 aliphatic carbocycles. The number of hydrogen-bond acceptors (Lipinski definition) is 5. The second kappa shape index (κ2) is 7.19. The minimum absolute atomic E-state index is 0.0606. The number of nitrogens with zero attached hydrogens (tertiary/aromatic N) is 5. The van der Waals surface area contributed by atoms with Crippen molar-refractivity contribution in [3.05, 3.63) is 35.7 Å². The summed E-state index contributed by atoms with van der Waals surface area (Å²) in [5.41, 5.74) is -0.373. The zero-order chi connectivity index (χ0) is 17.0. The lowest BCUT2D eigenvalue weighted by Crippen LogP contribution is -2.34. The van der Waals surface area contributed by atoms with Crippen molar-refractivity contribution in [2.45, 2.75) is 23.9 Å². The maximum atomic E-state index is 13.8. The van der Waals surface area contributed by atoms with E-state index in [2.05, 4.69) is 10.1 Å². The molecule has 120 valence electrons. The summed E-state index contributed by atoms with van der Waals surface area (Å²) in [5, 5.41) is 12.7. The van der Waals surface area contributed by atoms with Crippen molar-refractivity contribution in [1.82, 2.24) is 19.7 Å². The van der Waals surface area contributed by atoms with E-state index < -0.39 is 11.6 Å². The largest absolute Gasteiger partial charge is 0.346 e. The van der Waals surface area contributed by atoms with E-state index in [0.717, 1.165) is 28.6 Å². The molecule has 0 radical (unpaired) electrons. The lowest BCUT2D eigenvalue weighted by atomic mass is 10.2. The fourth-order valence-electron chi connectivity index (χ4n) is 1.82. The number of rotatable bonds is 4. The molecule has 0 saturated heterocycles. The number of carbonyl (C=O) groups is 1. The van der Waals surface area contributed by atoms with Gasteiger partial charge in [-0.3, -0.25) is 0 Å². The van der Waals surface area contributed by atoms with Gasteiger partial charge in [0, 0.05) is 13.1 Å². The highest BCUT2D eigenvalue weighted by molar-refractivity contribution is 7.99. The van der Waals surface area contributed by atoms with E-state index in [1.54, 1.807) is 11.0 Å². The maximum Gasteiger partial charge on any atom is 0.346 e. The van der Waals surface area contributed by atoms with Crippen LogP contribution in [0.1, 0.15) is 19.4 Å². The second-order valence-electron chi connectivity index (χ2n) is 4.40. The highest BCUT2D eigenvalue weighted by Gasteiger charge is 2.17. The minimum Gasteiger partial charge on any atom is -0.323 e. The number of aromatic nitrogens is 3. The molecule has 1 aromatic heterocycles. The molecule has 0 fully saturated rings. The summed E-state index contributed by atoms with van der Waals surface area (Å²) in [6.07, 6.45) is 1.22. The molecule has 0 saturated carbocycles. The lowest BCUT2D eigenvalue weighted by Gasteiger charge is -2.17. The summed E-state index contributed by atoms with van der Waals surface area (Å²) in [6.45, 7) is 4.71. The smallest absolute Gasteiger partial charge is 0.323 e. The summed E-state index contributed by atoms with van der Waals surface area (Å²) in [6, 6.07) is 2.94. The third kappa shape index (κ3) is 3.65. The van der Waals surface area contributed by atoms with E-state index in [0.29, 0.717) is 13.1 Å². The van der Waals surface area contributed by atoms with Gasteiger partial charge in [-0.2, -0.15) is 9.94 Å². The first-order valence-electron chi connectivity index (χ1n) is 6.78. The van der Waals surface area contributed by atoms with Crippen molar-refractivity contribution in [2.24, 2.45) is 0 Å². The number of amides is 1. The fraction of sp³-hybridized carbons (Fsp3) is 0.286. The Hall–Kier alpha value is -2.47. The highest BCUT2D eigenvalue weighted by Crippen LogP contribution is 2.29. The Kier molecular flexibility index (Phi) is 5.28. The Labute approximate surface area is 135 Å². The molecule has 2 aromatic rings. The fourth-order valence-corrected chi connectivity index (χ4v) is 2.56. The third-order valence-electron chi connectivity index (χ3n) is 3.04. The van der Waals surface area contributed by atoms with Crippen LogP contribution in [0.4, 0.5) is 13.6 Å². The van der Waals surface area contributed by atoms with E-state index in [1.807, 2.05) is 13.8 Å². The zero-order valence-electron chi connectivity index (χ0n) is 12.5. The maximum absolute atomic E-state index is 13.8. The van der Waals surface area contributed by atoms with Crippen LogP contribution in [0.25, 0.3) is 0 Å². The summed E-state index contributed by atoms with van der Waals surface area (Å²) < 4.78 is 28.4. The Morgan fingerprint density at radius 1 is 1.35 bits per heavy atom. The molecule has 0 spiro atoms. The molecule has 2 rings (SSSR count). The quantitative estimate of drug-likeness (QED) is 0.857. The molecule has 1 aromatic carbocycles. The Bertz CT molecular complexity index is 767. The SMILES string of the molecule is CCN(CC)C(=O)n1cnc(Sc2cc(F)c(C#N)cc2F)n1. The molecule has 9 heteroatoms. The van der Waals surface area contributed by atoms with Gasteiger partial charge in [0.05, 0.1) is 10.5 Å². The zero-order valence-corrected chi connectivity index (χ0v) is 13.3. The monoisotopic (exact) mass is 337 g/mol. The minimum atomic E-state index is -0.824. The van der Waals surface area contributed by atoms with E-state index >= 15 is 0 Å². The number of halogens is 2. The average molecular weight is 337 g/mol. The van der Waals surface area contributed by atoms with Crippen LogP contribution in [0.5, 0.6) is 0 Å². The van der Waals surface area contributed by atoms with E-state index in [-0.39, 0.29) is 21.6 Å². The summed E-state index contributed by atoms with van der Waals surface area (Å²) in [7, 11) is 0. The van der Waals surface area contributed by atoms with E-state index in [9.17, 15) is 13.6 Å². The van der Waals surface area contributed by atoms with Crippen LogP contribution >= 0.6 is 11.8 Å². The number of hydrogen-bond donors (Lipinski definition) is 0. The molecule has 0 N–H and O–H groups in total. The predicted molar refractivity (Wildman–Crippen MR) is 78.9 cm³/mol. The second-order valence-corrected chi connectivity index (χ2v) is 5.41. The highest BCUT2D eigenvalue weighted by atomic mass is 32.2. The van der Waals surface area contributed by atoms with Gasteiger partial charge in [-0.25, -0.2) is 18.6 Å². The van der Waals surface area contributed by atoms with Gasteiger partial charge >= 0.3 is 6.03 Å². The van der Waals surface area contributed by atoms with Crippen LogP contribution < -0.4 is 0 Å². The van der Waals surface area contributed by atoms with Gasteiger partial charge < -0.3 is 4.90 Å². The topological polar surface area (TPSA) is 74.8 Å². The van der Waals surface area contributed by atoms with Crippen LogP contribution in [-0.2, 0) is 0 Å². The molecule has 0 unspecified atom stereocenters. The van der Waals surface area contributed by atoms with Crippen LogP contribution in [-0.4, -0.2) is 38.8 Å². The molecule has 6 nitrogen and oxygen atoms in total. The Morgan fingerprint density at radius 2 is 2.04 bits per heavy atom. The van der Waals surface area contributed by atoms with Crippen LogP contribution in [0.2, 0.25) is 0 Å². The van der Waals surface area contributed by atoms with Gasteiger partial charge in [0.25, 0.3) is 0 Å². The molecule has 0 atom stereocenters. The van der Waals surface area contributed by atoms with Crippen molar-refractivity contribution in [2.75, 3.05) is 13.1 Å². The molecule has 1 heterocycles. The summed E-state index contributed by atoms with van der Waals surface area (Å²) >= 11 is 0.775. The van der Waals surface area contributed by atoms with Crippen LogP contribution in [0.15, 0.2) is 28.5 Å². The molecule has 0 aliphatic rings. The summed E-state index contributed by atoms with van der Waals surface area (Å²) in [4.78, 5) is 17.5. The predicted octanol–water partition coefficient (Wildman–Crippen LogP) is 2.89. The Balaban J connectivity index is 2.21. The van der Waals surface area contributed by atoms with Gasteiger partial charge in [-0.15, -0.1) is 5.10 Å². The van der Waals surface area contributed by atoms with Crippen LogP contribution in [0, 0.1) is 23.0 Å². The number of benzene rings is 1. The van der Waals surface area contributed by atoms with Gasteiger partial charge in [-0.05, 0) is 37.7 Å². The van der Waals surface area contributed by atoms with Gasteiger partial charge in [-0.1, -0.05) is 0 Å². The van der Waals surface area contributed by atoms with E-state index in [4.69, 9.17) is 5.26 Å². The first-order chi connectivity index (χ1) is 11.0. The van der Waals surface area contributed by atoms with Crippen molar-refractivity contribution in [3.8, 4) is 6.07 Å². The van der Waals surface area contributed by atoms with Crippen LogP contribution in [0.3, 0.4) is 0 Å². The van der Waals surface area contributed by atoms with Crippen molar-refractivity contribution >= 4 is 17.8 Å². The molecule has 1 amide bonds. The Morgan fingerprint density at radius 3 is 2.65 bits per heavy atom. The van der Waals surface area contributed by atoms with Crippen molar-refractivity contribution in [1.29, 1.82) is 5.26 Å². The average Bonchev–Trinajstić information content (AvgIpc) is 3.00. The van der Waals surface area contributed by atoms with Gasteiger partial charge in [0.15, 0.2) is 0 Å². The lowest BCUT2D eigenvalue weighted by molar-refractivity contribution is 0.201. The molecule has 23 heavy (non-hydrogen) atoms. The standard InChI is InChI=1S/C14H13F2N5OS/c1-3-20(4-2)14(22)21-8-18-13(19-21)23-12-6-10(15)9(7-17)5-11(12)16/h5-6,8H,3-4H2,1-2H3. The number of carbonyl (C=O) groups excluding carboxylic acids is 1. The molecular formula is C14H13F2N5OS. The van der Waals surface area contributed by atoms with Crippen molar-refractivity contribution in [3.63, 3.8) is 0 Å². The van der Waals surface area contributed by atoms with Gasteiger partial charge in [0.2, 0.25) is 5.16 Å². The third-order valence-corrected chi connectivity index (χ3v) is 3.95.